The fraction of sp³-hybridized carbons (Fsp3) is 0.861. The maximum Gasteiger partial charge on any atom is 0.317 e. The van der Waals surface area contributed by atoms with Gasteiger partial charge < -0.3 is 35.5 Å². The molecule has 1 aliphatic heterocycles. The molecule has 1 fully saturated rings. The number of aliphatic hydroxyl groups is 1. The summed E-state index contributed by atoms with van der Waals surface area (Å²) in [6.45, 7) is 26.3. The van der Waals surface area contributed by atoms with Crippen molar-refractivity contribution in [1.82, 2.24) is 30.2 Å². The smallest absolute Gasteiger partial charge is 0.317 e. The molecule has 1 amide bonds. The second-order valence-corrected chi connectivity index (χ2v) is 11.3. The molecule has 0 bridgehead atoms. The molecule has 0 aromatic heterocycles. The van der Waals surface area contributed by atoms with E-state index in [0.29, 0.717) is 72.0 Å². The lowest BCUT2D eigenvalue weighted by Gasteiger charge is -2.33. The topological polar surface area (TPSA) is 192 Å². The number of aldehydes is 1. The Morgan fingerprint density at radius 3 is 1.39 bits per heavy atom. The van der Waals surface area contributed by atoms with E-state index < -0.39 is 17.5 Å². The number of nitrogens with zero attached hydrogens (tertiary/aromatic N) is 4. The number of carboxylic acid groups (broad SMARTS) is 2. The van der Waals surface area contributed by atoms with E-state index in [2.05, 4.69) is 10.6 Å². The Bertz CT molecular complexity index is 846. The number of nitrogens with one attached hydrogen (secondary N) is 2. The van der Waals surface area contributed by atoms with Gasteiger partial charge in [-0.05, 0) is 47.6 Å². The largest absolute Gasteiger partial charge is 0.480 e. The first-order chi connectivity index (χ1) is 24.3. The summed E-state index contributed by atoms with van der Waals surface area (Å²) >= 11 is 0. The van der Waals surface area contributed by atoms with Crippen molar-refractivity contribution in [2.75, 3.05) is 106 Å². The number of amides is 1. The standard InChI is InChI=1S/C23H43N5O7.C6H13NO.3C2H6.CH4O/c1-4-35-16-5-23(2,3)24-20(30)17-26-8-6-25(14-15-29)7-9-27(18-21(31)32)12-13-28(11-10-26)19-22(33)34;1-4-6(7-3)5(2)8;4*1-2/h15H,4-14,16-19H2,1-3H3,(H,24,30)(H,31,32)(H,33,34);6-7H,4H2,1-3H3;3*1-2H3;2H,1H3. The highest BCUT2D eigenvalue weighted by molar-refractivity contribution is 5.81. The fourth-order valence-electron chi connectivity index (χ4n) is 4.57. The van der Waals surface area contributed by atoms with Crippen molar-refractivity contribution in [3.05, 3.63) is 0 Å². The number of rotatable bonds is 16. The molecule has 0 saturated carbocycles. The molecule has 1 atom stereocenters. The van der Waals surface area contributed by atoms with Crippen LogP contribution in [0.2, 0.25) is 0 Å². The zero-order valence-corrected chi connectivity index (χ0v) is 34.5. The SMILES string of the molecule is CC.CC.CC.CCC(NC)C(C)=O.CCOCCC(C)(C)NC(=O)CN1CCN(CC=O)CCN(CC(=O)O)CCN(CC(=O)O)CC1.CO. The third kappa shape index (κ3) is 37.0. The summed E-state index contributed by atoms with van der Waals surface area (Å²) < 4.78 is 5.40. The summed E-state index contributed by atoms with van der Waals surface area (Å²) in [5.41, 5.74) is -0.425. The Labute approximate surface area is 310 Å². The maximum absolute atomic E-state index is 12.8. The van der Waals surface area contributed by atoms with Gasteiger partial charge in [0.05, 0.1) is 32.2 Å². The van der Waals surface area contributed by atoms with Gasteiger partial charge in [0.25, 0.3) is 0 Å². The lowest BCUT2D eigenvalue weighted by molar-refractivity contribution is -0.140. The van der Waals surface area contributed by atoms with Crippen LogP contribution in [-0.4, -0.2) is 182 Å². The zero-order valence-electron chi connectivity index (χ0n) is 34.5. The zero-order chi connectivity index (χ0) is 40.8. The minimum Gasteiger partial charge on any atom is -0.480 e. The molecular weight excluding hydrogens is 660 g/mol. The molecule has 1 heterocycles. The van der Waals surface area contributed by atoms with Crippen LogP contribution in [0.4, 0.5) is 0 Å². The van der Waals surface area contributed by atoms with Crippen molar-refractivity contribution < 1.29 is 44.0 Å². The number of likely N-dealkylation sites (N-methyl/N-ethyl adjacent to an activating group) is 1. The van der Waals surface area contributed by atoms with Crippen LogP contribution in [0, 0.1) is 0 Å². The normalized spacial score (nSPS) is 15.2. The number of aliphatic hydroxyl groups excluding tert-OH is 1. The van der Waals surface area contributed by atoms with E-state index in [1.54, 1.807) is 23.8 Å². The van der Waals surface area contributed by atoms with Crippen molar-refractivity contribution in [1.29, 1.82) is 0 Å². The Hall–Kier alpha value is -2.53. The molecule has 1 unspecified atom stereocenters. The molecule has 1 aliphatic rings. The van der Waals surface area contributed by atoms with Gasteiger partial charge in [-0.2, -0.15) is 0 Å². The van der Waals surface area contributed by atoms with Crippen LogP contribution < -0.4 is 10.6 Å². The first-order valence-electron chi connectivity index (χ1n) is 18.5. The number of carbonyl (C=O) groups is 5. The Kier molecular flexibility index (Phi) is 45.6. The molecule has 0 spiro atoms. The number of Topliss-reactive ketones (excluding diaryl/α,β-unsaturated/α-hetero) is 1. The summed E-state index contributed by atoms with van der Waals surface area (Å²) in [5, 5.41) is 31.5. The second kappa shape index (κ2) is 40.2. The van der Waals surface area contributed by atoms with Crippen molar-refractivity contribution in [2.24, 2.45) is 0 Å². The lowest BCUT2D eigenvalue weighted by atomic mass is 10.0. The van der Waals surface area contributed by atoms with E-state index in [0.717, 1.165) is 19.8 Å². The van der Waals surface area contributed by atoms with Crippen LogP contribution in [0.15, 0.2) is 0 Å². The van der Waals surface area contributed by atoms with Gasteiger partial charge in [0.15, 0.2) is 0 Å². The number of hydrogen-bond acceptors (Lipinski definition) is 12. The van der Waals surface area contributed by atoms with Gasteiger partial charge in [-0.15, -0.1) is 0 Å². The predicted molar refractivity (Wildman–Crippen MR) is 206 cm³/mol. The van der Waals surface area contributed by atoms with Crippen LogP contribution in [0.25, 0.3) is 0 Å². The summed E-state index contributed by atoms with van der Waals surface area (Å²) in [7, 11) is 2.80. The van der Waals surface area contributed by atoms with Crippen molar-refractivity contribution in [3.63, 3.8) is 0 Å². The fourth-order valence-corrected chi connectivity index (χ4v) is 4.57. The first-order valence-corrected chi connectivity index (χ1v) is 18.5. The molecule has 0 aromatic carbocycles. The van der Waals surface area contributed by atoms with E-state index in [9.17, 15) is 34.2 Å². The third-order valence-corrected chi connectivity index (χ3v) is 7.15. The van der Waals surface area contributed by atoms with Gasteiger partial charge in [0, 0.05) is 78.2 Å². The predicted octanol–water partition coefficient (Wildman–Crippen LogP) is 2.16. The van der Waals surface area contributed by atoms with E-state index in [1.807, 2.05) is 79.0 Å². The number of aliphatic carboxylic acids is 2. The Balaban J connectivity index is -0.000000373. The van der Waals surface area contributed by atoms with Crippen LogP contribution in [-0.2, 0) is 28.7 Å². The molecule has 51 heavy (non-hydrogen) atoms. The second-order valence-electron chi connectivity index (χ2n) is 11.3. The van der Waals surface area contributed by atoms with E-state index in [-0.39, 0.29) is 43.9 Å². The van der Waals surface area contributed by atoms with Gasteiger partial charge in [-0.1, -0.05) is 48.5 Å². The number of carboxylic acids is 2. The molecule has 15 nitrogen and oxygen atoms in total. The van der Waals surface area contributed by atoms with Crippen LogP contribution in [0.3, 0.4) is 0 Å². The Morgan fingerprint density at radius 1 is 0.745 bits per heavy atom. The molecule has 306 valence electrons. The highest BCUT2D eigenvalue weighted by Gasteiger charge is 2.23. The van der Waals surface area contributed by atoms with Gasteiger partial charge in [-0.25, -0.2) is 0 Å². The van der Waals surface area contributed by atoms with Crippen LogP contribution in [0.1, 0.15) is 89.0 Å². The highest BCUT2D eigenvalue weighted by Crippen LogP contribution is 2.09. The minimum absolute atomic E-state index is 0.0648. The van der Waals surface area contributed by atoms with Crippen molar-refractivity contribution in [2.45, 2.75) is 101 Å². The quantitative estimate of drug-likeness (QED) is 0.114. The van der Waals surface area contributed by atoms with Gasteiger partial charge in [-0.3, -0.25) is 38.8 Å². The first kappa shape index (κ1) is 57.8. The summed E-state index contributed by atoms with van der Waals surface area (Å²) in [6.07, 6.45) is 2.38. The number of hydrogen-bond donors (Lipinski definition) is 5. The van der Waals surface area contributed by atoms with Crippen molar-refractivity contribution in [3.8, 4) is 0 Å². The number of ether oxygens (including phenoxy) is 1. The molecule has 5 N–H and O–H groups in total. The summed E-state index contributed by atoms with van der Waals surface area (Å²) in [6, 6.07) is 0.0648. The van der Waals surface area contributed by atoms with E-state index in [4.69, 9.17) is 9.84 Å². The monoisotopic (exact) mass is 739 g/mol. The minimum atomic E-state index is -0.959. The summed E-state index contributed by atoms with van der Waals surface area (Å²) in [4.78, 5) is 64.6. The van der Waals surface area contributed by atoms with Crippen LogP contribution >= 0.6 is 0 Å². The van der Waals surface area contributed by atoms with Gasteiger partial charge in [0.1, 0.15) is 12.1 Å². The molecular formula is C36H78N6O9. The van der Waals surface area contributed by atoms with E-state index >= 15 is 0 Å². The molecule has 0 aromatic rings. The maximum atomic E-state index is 12.8. The third-order valence-electron chi connectivity index (χ3n) is 7.15. The molecule has 0 aliphatic carbocycles. The van der Waals surface area contributed by atoms with Gasteiger partial charge in [0.2, 0.25) is 5.91 Å². The number of carbonyl (C=O) groups excluding carboxylic acids is 3. The Morgan fingerprint density at radius 2 is 1.12 bits per heavy atom. The van der Waals surface area contributed by atoms with Crippen LogP contribution in [0.5, 0.6) is 0 Å². The molecule has 15 heteroatoms. The van der Waals surface area contributed by atoms with E-state index in [1.165, 1.54) is 0 Å². The van der Waals surface area contributed by atoms with Gasteiger partial charge >= 0.3 is 11.9 Å². The summed E-state index contributed by atoms with van der Waals surface area (Å²) in [5.74, 6) is -1.82. The molecule has 0 radical (unpaired) electrons. The van der Waals surface area contributed by atoms with Crippen molar-refractivity contribution >= 4 is 29.9 Å². The molecule has 1 saturated heterocycles. The highest BCUT2D eigenvalue weighted by atomic mass is 16.5. The lowest BCUT2D eigenvalue weighted by Crippen LogP contribution is -2.51. The average Bonchev–Trinajstić information content (AvgIpc) is 3.09. The number of ketones is 1. The molecule has 1 rings (SSSR count). The average molecular weight is 739 g/mol.